The second-order valence-electron chi connectivity index (χ2n) is 7.64. The summed E-state index contributed by atoms with van der Waals surface area (Å²) >= 11 is 0. The van der Waals surface area contributed by atoms with Crippen molar-refractivity contribution in [2.24, 2.45) is 0 Å². The molecule has 0 bridgehead atoms. The van der Waals surface area contributed by atoms with Gasteiger partial charge >= 0.3 is 6.18 Å². The molecule has 0 aliphatic carbocycles. The fraction of sp³-hybridized carbons (Fsp3) is 0.400. The normalized spacial score (nSPS) is 14.3. The third-order valence-electron chi connectivity index (χ3n) is 5.10. The lowest BCUT2D eigenvalue weighted by Crippen LogP contribution is -2.36. The number of nitrogens with zero attached hydrogens (tertiary/aromatic N) is 1. The van der Waals surface area contributed by atoms with Gasteiger partial charge in [0.1, 0.15) is 0 Å². The zero-order valence-corrected chi connectivity index (χ0v) is 19.3. The van der Waals surface area contributed by atoms with E-state index in [0.29, 0.717) is 62.3 Å². The Balaban J connectivity index is 1.75. The molecule has 1 aliphatic heterocycles. The fourth-order valence-corrected chi connectivity index (χ4v) is 3.47. The second kappa shape index (κ2) is 11.8. The van der Waals surface area contributed by atoms with Crippen molar-refractivity contribution in [1.82, 2.24) is 0 Å². The minimum Gasteiger partial charge on any atom is -0.490 e. The van der Waals surface area contributed by atoms with E-state index in [1.165, 1.54) is 18.2 Å². The summed E-state index contributed by atoms with van der Waals surface area (Å²) in [6, 6.07) is 9.13. The van der Waals surface area contributed by atoms with Crippen LogP contribution < -0.4 is 19.7 Å². The average Bonchev–Trinajstić information content (AvgIpc) is 2.82. The molecule has 0 radical (unpaired) electrons. The van der Waals surface area contributed by atoms with Gasteiger partial charge in [-0.3, -0.25) is 4.79 Å². The minimum absolute atomic E-state index is 0.294. The van der Waals surface area contributed by atoms with Crippen molar-refractivity contribution in [2.75, 3.05) is 49.7 Å². The summed E-state index contributed by atoms with van der Waals surface area (Å²) in [5.41, 5.74) is -0.0917. The number of carbonyl (C=O) groups excluding carboxylic acids is 1. The lowest BCUT2D eigenvalue weighted by molar-refractivity contribution is -0.136. The number of hydrogen-bond donors (Lipinski definition) is 1. The van der Waals surface area contributed by atoms with Gasteiger partial charge in [0.25, 0.3) is 0 Å². The number of amides is 1. The summed E-state index contributed by atoms with van der Waals surface area (Å²) in [4.78, 5) is 14.2. The third kappa shape index (κ3) is 6.90. The molecular weight excluding hydrogens is 449 g/mol. The van der Waals surface area contributed by atoms with Crippen LogP contribution in [0.25, 0.3) is 6.08 Å². The molecule has 1 N–H and O–H groups in total. The van der Waals surface area contributed by atoms with Gasteiger partial charge in [-0.1, -0.05) is 13.0 Å². The van der Waals surface area contributed by atoms with E-state index < -0.39 is 17.6 Å². The summed E-state index contributed by atoms with van der Waals surface area (Å²) in [5.74, 6) is 0.464. The number of carbonyl (C=O) groups is 1. The van der Waals surface area contributed by atoms with Crippen LogP contribution in [0.5, 0.6) is 11.5 Å². The first-order chi connectivity index (χ1) is 16.3. The maximum Gasteiger partial charge on any atom is 0.418 e. The molecular formula is C25H29F3N2O4. The molecule has 1 amide bonds. The Kier molecular flexibility index (Phi) is 8.81. The molecule has 34 heavy (non-hydrogen) atoms. The van der Waals surface area contributed by atoms with Crippen LogP contribution >= 0.6 is 0 Å². The first kappa shape index (κ1) is 25.4. The summed E-state index contributed by atoms with van der Waals surface area (Å²) in [5, 5.41) is 2.35. The Morgan fingerprint density at radius 2 is 1.85 bits per heavy atom. The largest absolute Gasteiger partial charge is 0.490 e. The van der Waals surface area contributed by atoms with Crippen molar-refractivity contribution >= 4 is 23.4 Å². The van der Waals surface area contributed by atoms with Crippen molar-refractivity contribution < 1.29 is 32.2 Å². The van der Waals surface area contributed by atoms with Crippen molar-refractivity contribution in [3.05, 3.63) is 53.6 Å². The van der Waals surface area contributed by atoms with Crippen LogP contribution in [0.3, 0.4) is 0 Å². The Morgan fingerprint density at radius 1 is 1.09 bits per heavy atom. The molecule has 184 valence electrons. The molecule has 0 atom stereocenters. The topological polar surface area (TPSA) is 60.0 Å². The van der Waals surface area contributed by atoms with Gasteiger partial charge in [-0.15, -0.1) is 0 Å². The number of alkyl halides is 3. The van der Waals surface area contributed by atoms with Gasteiger partial charge in [-0.2, -0.15) is 13.2 Å². The third-order valence-corrected chi connectivity index (χ3v) is 5.10. The van der Waals surface area contributed by atoms with E-state index in [1.54, 1.807) is 24.3 Å². The van der Waals surface area contributed by atoms with E-state index in [0.717, 1.165) is 12.5 Å². The lowest BCUT2D eigenvalue weighted by atomic mass is 10.1. The lowest BCUT2D eigenvalue weighted by Gasteiger charge is -2.29. The van der Waals surface area contributed by atoms with Gasteiger partial charge in [0.15, 0.2) is 11.5 Å². The second-order valence-corrected chi connectivity index (χ2v) is 7.64. The van der Waals surface area contributed by atoms with E-state index in [9.17, 15) is 18.0 Å². The summed E-state index contributed by atoms with van der Waals surface area (Å²) in [6.07, 6.45) is -1.07. The van der Waals surface area contributed by atoms with E-state index in [2.05, 4.69) is 5.32 Å². The number of hydrogen-bond acceptors (Lipinski definition) is 5. The molecule has 0 saturated carbocycles. The standard InChI is InChI=1S/C25H29F3N2O4/c1-3-13-34-22-9-5-18(16-23(22)33-4-2)6-10-24(31)29-21-8-7-19(17-20(21)25(26,27)28)30-11-14-32-15-12-30/h5-10,16-17H,3-4,11-15H2,1-2H3,(H,29,31). The zero-order chi connectivity index (χ0) is 24.6. The molecule has 0 aromatic heterocycles. The molecule has 1 heterocycles. The number of rotatable bonds is 9. The van der Waals surface area contributed by atoms with Crippen LogP contribution in [-0.4, -0.2) is 45.4 Å². The molecule has 1 saturated heterocycles. The molecule has 6 nitrogen and oxygen atoms in total. The number of anilines is 2. The van der Waals surface area contributed by atoms with Crippen LogP contribution in [-0.2, 0) is 15.7 Å². The average molecular weight is 479 g/mol. The minimum atomic E-state index is -4.62. The highest BCUT2D eigenvalue weighted by Gasteiger charge is 2.34. The predicted octanol–water partition coefficient (Wildman–Crippen LogP) is 5.38. The van der Waals surface area contributed by atoms with Crippen molar-refractivity contribution in [1.29, 1.82) is 0 Å². The molecule has 0 unspecified atom stereocenters. The van der Waals surface area contributed by atoms with Crippen LogP contribution in [0.15, 0.2) is 42.5 Å². The summed E-state index contributed by atoms with van der Waals surface area (Å²) in [7, 11) is 0. The van der Waals surface area contributed by atoms with E-state index in [4.69, 9.17) is 14.2 Å². The van der Waals surface area contributed by atoms with Gasteiger partial charge < -0.3 is 24.4 Å². The van der Waals surface area contributed by atoms with E-state index in [1.807, 2.05) is 18.7 Å². The molecule has 0 spiro atoms. The van der Waals surface area contributed by atoms with Gasteiger partial charge in [0.05, 0.1) is 37.7 Å². The van der Waals surface area contributed by atoms with Crippen molar-refractivity contribution in [3.63, 3.8) is 0 Å². The fourth-order valence-electron chi connectivity index (χ4n) is 3.47. The number of nitrogens with one attached hydrogen (secondary N) is 1. The molecule has 3 rings (SSSR count). The first-order valence-corrected chi connectivity index (χ1v) is 11.2. The van der Waals surface area contributed by atoms with Crippen molar-refractivity contribution in [3.8, 4) is 11.5 Å². The van der Waals surface area contributed by atoms with Crippen molar-refractivity contribution in [2.45, 2.75) is 26.4 Å². The van der Waals surface area contributed by atoms with Gasteiger partial charge in [0, 0.05) is 24.9 Å². The molecule has 2 aromatic carbocycles. The molecule has 1 aliphatic rings. The summed E-state index contributed by atoms with van der Waals surface area (Å²) in [6.45, 7) is 6.77. The number of benzene rings is 2. The highest BCUT2D eigenvalue weighted by atomic mass is 19.4. The van der Waals surface area contributed by atoms with Crippen LogP contribution in [0, 0.1) is 0 Å². The summed E-state index contributed by atoms with van der Waals surface area (Å²) < 4.78 is 57.6. The van der Waals surface area contributed by atoms with Gasteiger partial charge in [0.2, 0.25) is 5.91 Å². The zero-order valence-electron chi connectivity index (χ0n) is 19.3. The monoisotopic (exact) mass is 478 g/mol. The maximum absolute atomic E-state index is 13.7. The number of morpholine rings is 1. The van der Waals surface area contributed by atoms with E-state index >= 15 is 0 Å². The highest BCUT2D eigenvalue weighted by Crippen LogP contribution is 2.37. The Bertz CT molecular complexity index is 1000. The molecule has 1 fully saturated rings. The van der Waals surface area contributed by atoms with Crippen LogP contribution in [0.4, 0.5) is 24.5 Å². The van der Waals surface area contributed by atoms with Gasteiger partial charge in [-0.25, -0.2) is 0 Å². The Morgan fingerprint density at radius 3 is 2.53 bits per heavy atom. The highest BCUT2D eigenvalue weighted by molar-refractivity contribution is 6.02. The smallest absolute Gasteiger partial charge is 0.418 e. The molecule has 9 heteroatoms. The van der Waals surface area contributed by atoms with Crippen LogP contribution in [0.2, 0.25) is 0 Å². The van der Waals surface area contributed by atoms with E-state index in [-0.39, 0.29) is 5.69 Å². The predicted molar refractivity (Wildman–Crippen MR) is 126 cm³/mol. The van der Waals surface area contributed by atoms with Gasteiger partial charge in [-0.05, 0) is 55.3 Å². The molecule has 2 aromatic rings. The Labute approximate surface area is 197 Å². The van der Waals surface area contributed by atoms with Crippen LogP contribution in [0.1, 0.15) is 31.4 Å². The number of ether oxygens (including phenoxy) is 3. The maximum atomic E-state index is 13.7. The Hall–Kier alpha value is -3.20. The quantitative estimate of drug-likeness (QED) is 0.491. The SMILES string of the molecule is CCCOc1ccc(C=CC(=O)Nc2ccc(N3CCOCC3)cc2C(F)(F)F)cc1OCC. The number of halogens is 3. The first-order valence-electron chi connectivity index (χ1n) is 11.2.